The number of aromatic nitrogens is 1. The summed E-state index contributed by atoms with van der Waals surface area (Å²) in [6.45, 7) is 3.31. The lowest BCUT2D eigenvalue weighted by Crippen LogP contribution is -2.46. The standard InChI is InChI=1S/C26H27FN4O3/c1-18-4-2-6-22(14-18)30-26(33)31-13-3-5-20(17-31)25(32)29-16-19-7-12-24(28-15-19)34-23-10-8-21(27)9-11-23/h2,4,6-12,14-15,20H,3,5,13,16-17H2,1H3,(H,29,32)(H,30,33). The molecule has 0 spiro atoms. The molecule has 2 N–H and O–H groups in total. The zero-order chi connectivity index (χ0) is 23.9. The van der Waals surface area contributed by atoms with Crippen LogP contribution in [0.3, 0.4) is 0 Å². The number of nitrogens with one attached hydrogen (secondary N) is 2. The quantitative estimate of drug-likeness (QED) is 0.547. The van der Waals surface area contributed by atoms with Crippen molar-refractivity contribution in [3.05, 3.63) is 83.8 Å². The predicted molar refractivity (Wildman–Crippen MR) is 127 cm³/mol. The normalized spacial score (nSPS) is 15.5. The van der Waals surface area contributed by atoms with Crippen LogP contribution in [0.1, 0.15) is 24.0 Å². The van der Waals surface area contributed by atoms with Crippen LogP contribution in [0.4, 0.5) is 14.9 Å². The van der Waals surface area contributed by atoms with Crippen LogP contribution in [0.5, 0.6) is 11.6 Å². The number of aryl methyl sites for hydroxylation is 1. The maximum atomic E-state index is 13.0. The molecule has 8 heteroatoms. The Kier molecular flexibility index (Phi) is 7.37. The molecule has 1 aromatic heterocycles. The summed E-state index contributed by atoms with van der Waals surface area (Å²) in [5, 5.41) is 5.85. The number of amides is 3. The molecule has 0 saturated carbocycles. The predicted octanol–water partition coefficient (Wildman–Crippen LogP) is 4.88. The number of piperidine rings is 1. The third-order valence-electron chi connectivity index (χ3n) is 5.65. The van der Waals surface area contributed by atoms with Gasteiger partial charge in [0, 0.05) is 37.6 Å². The van der Waals surface area contributed by atoms with E-state index in [1.807, 2.05) is 37.3 Å². The van der Waals surface area contributed by atoms with E-state index in [4.69, 9.17) is 4.74 Å². The Balaban J connectivity index is 1.26. The van der Waals surface area contributed by atoms with Gasteiger partial charge >= 0.3 is 6.03 Å². The maximum absolute atomic E-state index is 13.0. The van der Waals surface area contributed by atoms with E-state index in [-0.39, 0.29) is 23.7 Å². The first-order valence-corrected chi connectivity index (χ1v) is 11.2. The van der Waals surface area contributed by atoms with Gasteiger partial charge in [-0.05, 0) is 67.3 Å². The van der Waals surface area contributed by atoms with Crippen molar-refractivity contribution in [3.8, 4) is 11.6 Å². The molecule has 176 valence electrons. The molecule has 7 nitrogen and oxygen atoms in total. The fourth-order valence-electron chi connectivity index (χ4n) is 3.83. The molecule has 1 fully saturated rings. The zero-order valence-corrected chi connectivity index (χ0v) is 19.0. The van der Waals surface area contributed by atoms with Gasteiger partial charge in [-0.3, -0.25) is 4.79 Å². The number of pyridine rings is 1. The largest absolute Gasteiger partial charge is 0.439 e. The van der Waals surface area contributed by atoms with E-state index in [2.05, 4.69) is 15.6 Å². The Morgan fingerprint density at radius 1 is 1.15 bits per heavy atom. The van der Waals surface area contributed by atoms with Crippen molar-refractivity contribution in [1.29, 1.82) is 0 Å². The van der Waals surface area contributed by atoms with Crippen molar-refractivity contribution >= 4 is 17.6 Å². The summed E-state index contributed by atoms with van der Waals surface area (Å²) in [5.74, 6) is 0.192. The summed E-state index contributed by atoms with van der Waals surface area (Å²) in [6.07, 6.45) is 3.14. The number of nitrogens with zero attached hydrogens (tertiary/aromatic N) is 2. The van der Waals surface area contributed by atoms with E-state index in [1.165, 1.54) is 24.3 Å². The minimum absolute atomic E-state index is 0.0836. The van der Waals surface area contributed by atoms with Gasteiger partial charge in [-0.25, -0.2) is 14.2 Å². The van der Waals surface area contributed by atoms with Crippen LogP contribution in [-0.4, -0.2) is 34.9 Å². The zero-order valence-electron chi connectivity index (χ0n) is 19.0. The fraction of sp³-hybridized carbons (Fsp3) is 0.269. The second-order valence-corrected chi connectivity index (χ2v) is 8.36. The highest BCUT2D eigenvalue weighted by Gasteiger charge is 2.28. The van der Waals surface area contributed by atoms with Crippen molar-refractivity contribution in [3.63, 3.8) is 0 Å². The van der Waals surface area contributed by atoms with Crippen molar-refractivity contribution in [2.75, 3.05) is 18.4 Å². The molecule has 0 aliphatic carbocycles. The average molecular weight is 463 g/mol. The Morgan fingerprint density at radius 3 is 2.71 bits per heavy atom. The first kappa shape index (κ1) is 23.2. The summed E-state index contributed by atoms with van der Waals surface area (Å²) < 4.78 is 18.6. The Hall–Kier alpha value is -3.94. The van der Waals surface area contributed by atoms with Crippen molar-refractivity contribution < 1.29 is 18.7 Å². The number of halogens is 1. The number of rotatable bonds is 6. The summed E-state index contributed by atoms with van der Waals surface area (Å²) in [7, 11) is 0. The lowest BCUT2D eigenvalue weighted by atomic mass is 9.97. The van der Waals surface area contributed by atoms with Crippen molar-refractivity contribution in [2.24, 2.45) is 5.92 Å². The van der Waals surface area contributed by atoms with Gasteiger partial charge in [0.25, 0.3) is 0 Å². The van der Waals surface area contributed by atoms with Gasteiger partial charge in [0.15, 0.2) is 0 Å². The van der Waals surface area contributed by atoms with Gasteiger partial charge in [0.1, 0.15) is 11.6 Å². The molecule has 3 amide bonds. The molecule has 1 aliphatic rings. The summed E-state index contributed by atoms with van der Waals surface area (Å²) >= 11 is 0. The smallest absolute Gasteiger partial charge is 0.321 e. The highest BCUT2D eigenvalue weighted by molar-refractivity contribution is 5.90. The molecule has 34 heavy (non-hydrogen) atoms. The number of carbonyl (C=O) groups is 2. The molecule has 2 aromatic carbocycles. The van der Waals surface area contributed by atoms with E-state index in [0.29, 0.717) is 31.3 Å². The number of hydrogen-bond acceptors (Lipinski definition) is 4. The number of likely N-dealkylation sites (tertiary alicyclic amines) is 1. The Labute approximate surface area is 198 Å². The number of urea groups is 1. The topological polar surface area (TPSA) is 83.6 Å². The monoisotopic (exact) mass is 462 g/mol. The minimum Gasteiger partial charge on any atom is -0.439 e. The van der Waals surface area contributed by atoms with Gasteiger partial charge < -0.3 is 20.3 Å². The van der Waals surface area contributed by atoms with Crippen LogP contribution in [0.15, 0.2) is 66.9 Å². The first-order chi connectivity index (χ1) is 16.5. The van der Waals surface area contributed by atoms with Crippen LogP contribution in [0.2, 0.25) is 0 Å². The van der Waals surface area contributed by atoms with Gasteiger partial charge in [0.2, 0.25) is 11.8 Å². The second kappa shape index (κ2) is 10.8. The molecule has 1 aliphatic heterocycles. The number of hydrogen-bond donors (Lipinski definition) is 2. The first-order valence-electron chi connectivity index (χ1n) is 11.2. The van der Waals surface area contributed by atoms with Crippen LogP contribution >= 0.6 is 0 Å². The molecule has 1 atom stereocenters. The molecule has 1 saturated heterocycles. The average Bonchev–Trinajstić information content (AvgIpc) is 2.85. The van der Waals surface area contributed by atoms with E-state index >= 15 is 0 Å². The number of benzene rings is 2. The molecular formula is C26H27FN4O3. The van der Waals surface area contributed by atoms with Gasteiger partial charge in [0.05, 0.1) is 5.92 Å². The van der Waals surface area contributed by atoms with Gasteiger partial charge in [-0.2, -0.15) is 0 Å². The molecule has 2 heterocycles. The number of carbonyl (C=O) groups excluding carboxylic acids is 2. The van der Waals surface area contributed by atoms with Crippen LogP contribution < -0.4 is 15.4 Å². The summed E-state index contributed by atoms with van der Waals surface area (Å²) in [5.41, 5.74) is 2.64. The Morgan fingerprint density at radius 2 is 1.97 bits per heavy atom. The van der Waals surface area contributed by atoms with Gasteiger partial charge in [-0.15, -0.1) is 0 Å². The third kappa shape index (κ3) is 6.31. The molecular weight excluding hydrogens is 435 g/mol. The van der Waals surface area contributed by atoms with E-state index in [0.717, 1.165) is 29.7 Å². The Bertz CT molecular complexity index is 1140. The van der Waals surface area contributed by atoms with Crippen LogP contribution in [0.25, 0.3) is 0 Å². The summed E-state index contributed by atoms with van der Waals surface area (Å²) in [6, 6.07) is 16.6. The highest BCUT2D eigenvalue weighted by Crippen LogP contribution is 2.21. The molecule has 0 bridgehead atoms. The maximum Gasteiger partial charge on any atom is 0.321 e. The lowest BCUT2D eigenvalue weighted by molar-refractivity contribution is -0.126. The number of ether oxygens (including phenoxy) is 1. The second-order valence-electron chi connectivity index (χ2n) is 8.36. The molecule has 3 aromatic rings. The number of anilines is 1. The van der Waals surface area contributed by atoms with E-state index in [9.17, 15) is 14.0 Å². The van der Waals surface area contributed by atoms with Crippen LogP contribution in [-0.2, 0) is 11.3 Å². The van der Waals surface area contributed by atoms with Crippen LogP contribution in [0, 0.1) is 18.7 Å². The lowest BCUT2D eigenvalue weighted by Gasteiger charge is -2.32. The molecule has 1 unspecified atom stereocenters. The third-order valence-corrected chi connectivity index (χ3v) is 5.65. The minimum atomic E-state index is -0.334. The van der Waals surface area contributed by atoms with Crippen molar-refractivity contribution in [2.45, 2.75) is 26.3 Å². The summed E-state index contributed by atoms with van der Waals surface area (Å²) in [4.78, 5) is 31.3. The SMILES string of the molecule is Cc1cccc(NC(=O)N2CCCC(C(=O)NCc3ccc(Oc4ccc(F)cc4)nc3)C2)c1. The van der Waals surface area contributed by atoms with E-state index in [1.54, 1.807) is 17.2 Å². The highest BCUT2D eigenvalue weighted by atomic mass is 19.1. The van der Waals surface area contributed by atoms with Crippen molar-refractivity contribution in [1.82, 2.24) is 15.2 Å². The fourth-order valence-corrected chi connectivity index (χ4v) is 3.83. The van der Waals surface area contributed by atoms with Gasteiger partial charge in [-0.1, -0.05) is 18.2 Å². The molecule has 4 rings (SSSR count). The van der Waals surface area contributed by atoms with E-state index < -0.39 is 0 Å². The molecule has 0 radical (unpaired) electrons.